The second-order valence-corrected chi connectivity index (χ2v) is 21.4. The van der Waals surface area contributed by atoms with E-state index in [4.69, 9.17) is 0 Å². The summed E-state index contributed by atoms with van der Waals surface area (Å²) >= 11 is -6.36. The molecule has 4 aromatic carbocycles. The topological polar surface area (TPSA) is 0 Å². The van der Waals surface area contributed by atoms with Gasteiger partial charge in [-0.15, -0.1) is 0 Å². The molecule has 1 aliphatic rings. The Balaban J connectivity index is 1.93. The average Bonchev–Trinajstić information content (AvgIpc) is 2.84. The van der Waals surface area contributed by atoms with Gasteiger partial charge in [0.25, 0.3) is 0 Å². The maximum absolute atomic E-state index is 15.3. The molecule has 1 heterocycles. The third-order valence-electron chi connectivity index (χ3n) is 6.85. The number of fused-ring (bicyclic) bond motifs is 2. The van der Waals surface area contributed by atoms with E-state index in [1.807, 2.05) is 46.8 Å². The molecule has 1 aliphatic heterocycles. The zero-order valence-electron chi connectivity index (χ0n) is 20.4. The van der Waals surface area contributed by atoms with Crippen LogP contribution in [0.1, 0.15) is 27.8 Å². The fourth-order valence-corrected chi connectivity index (χ4v) is 26.6. The molecule has 0 amide bonds. The molecule has 0 bridgehead atoms. The van der Waals surface area contributed by atoms with Crippen LogP contribution in [0.15, 0.2) is 48.5 Å². The van der Waals surface area contributed by atoms with Gasteiger partial charge in [-0.1, -0.05) is 0 Å². The Hall–Kier alpha value is -1.83. The van der Waals surface area contributed by atoms with E-state index in [0.29, 0.717) is 0 Å². The molecule has 0 spiro atoms. The molecule has 0 unspecified atom stereocenters. The van der Waals surface area contributed by atoms with E-state index in [1.54, 1.807) is 0 Å². The molecule has 0 atom stereocenters. The van der Waals surface area contributed by atoms with Crippen molar-refractivity contribution in [1.29, 1.82) is 0 Å². The molecule has 4 aromatic rings. The van der Waals surface area contributed by atoms with Gasteiger partial charge in [0.1, 0.15) is 0 Å². The molecule has 0 saturated heterocycles. The van der Waals surface area contributed by atoms with Crippen molar-refractivity contribution in [2.24, 2.45) is 0 Å². The van der Waals surface area contributed by atoms with Gasteiger partial charge in [0.2, 0.25) is 0 Å². The quantitative estimate of drug-likeness (QED) is 0.114. The summed E-state index contributed by atoms with van der Waals surface area (Å²) < 4.78 is 77.9. The number of halogens is 5. The van der Waals surface area contributed by atoms with Crippen molar-refractivity contribution < 1.29 is 22.0 Å². The molecule has 0 nitrogen and oxygen atoms in total. The van der Waals surface area contributed by atoms with E-state index in [1.165, 1.54) is 3.51 Å². The monoisotopic (exact) mass is 708 g/mol. The van der Waals surface area contributed by atoms with E-state index in [9.17, 15) is 13.2 Å². The van der Waals surface area contributed by atoms with Crippen molar-refractivity contribution in [2.45, 2.75) is 34.6 Å². The summed E-state index contributed by atoms with van der Waals surface area (Å²) in [6.07, 6.45) is 0. The second kappa shape index (κ2) is 9.48. The summed E-state index contributed by atoms with van der Waals surface area (Å²) in [6, 6.07) is 16.5. The normalized spacial score (nSPS) is 13.6. The second-order valence-electron chi connectivity index (χ2n) is 9.28. The number of rotatable bonds is 2. The van der Waals surface area contributed by atoms with Crippen LogP contribution in [0, 0.1) is 63.7 Å². The van der Waals surface area contributed by atoms with Gasteiger partial charge in [-0.2, -0.15) is 0 Å². The Kier molecular flexibility index (Phi) is 6.79. The van der Waals surface area contributed by atoms with E-state index in [-0.39, 0.29) is 0 Å². The van der Waals surface area contributed by atoms with E-state index in [0.717, 1.165) is 41.9 Å². The standard InChI is InChI=1S/2C8H8.C7H7.C6F5.2Sb/c2*1-7-5-3-4-6-8(7)2;1-7-5-3-2-4-6-7;7-2-1-3(8)5(10)6(11)4(2)9;;/h2*5-6H,1-2H3;3-6H,1H3;;;. The summed E-state index contributed by atoms with van der Waals surface area (Å²) in [5.41, 5.74) is 5.14. The SMILES string of the molecule is Cc1cc[c]([Sb]2[c]3cc(C)c(C)c[c]3[Sb]([c]3c(F)c(F)c(F)c(F)c3F)[c]3cc(C)c(C)c[c]32)cc1. The predicted octanol–water partition coefficient (Wildman–Crippen LogP) is 3.27. The molecule has 0 aliphatic carbocycles. The number of aryl methyl sites for hydroxylation is 5. The Morgan fingerprint density at radius 2 is 0.778 bits per heavy atom. The van der Waals surface area contributed by atoms with Gasteiger partial charge < -0.3 is 0 Å². The van der Waals surface area contributed by atoms with Crippen molar-refractivity contribution in [1.82, 2.24) is 0 Å². The Bertz CT molecular complexity index is 1450. The molecular weight excluding hydrogens is 687 g/mol. The van der Waals surface area contributed by atoms with E-state index in [2.05, 4.69) is 36.4 Å². The molecular formula is C29H23F5Sb2. The summed E-state index contributed by atoms with van der Waals surface area (Å²) in [5.74, 6) is -9.23. The predicted molar refractivity (Wildman–Crippen MR) is 139 cm³/mol. The van der Waals surface area contributed by atoms with Crippen LogP contribution >= 0.6 is 0 Å². The molecule has 36 heavy (non-hydrogen) atoms. The van der Waals surface area contributed by atoms with E-state index >= 15 is 8.78 Å². The van der Waals surface area contributed by atoms with Crippen LogP contribution in [-0.4, -0.2) is 40.4 Å². The van der Waals surface area contributed by atoms with Crippen LogP contribution in [0.2, 0.25) is 0 Å². The van der Waals surface area contributed by atoms with Gasteiger partial charge in [0.05, 0.1) is 0 Å². The molecule has 0 fully saturated rings. The minimum absolute atomic E-state index is 0.604. The summed E-state index contributed by atoms with van der Waals surface area (Å²) in [6.45, 7) is 9.87. The number of benzene rings is 4. The van der Waals surface area contributed by atoms with Gasteiger partial charge in [-0.3, -0.25) is 0 Å². The first kappa shape index (κ1) is 25.8. The third kappa shape index (κ3) is 4.02. The van der Waals surface area contributed by atoms with Crippen molar-refractivity contribution in [3.05, 3.63) is 105 Å². The summed E-state index contributed by atoms with van der Waals surface area (Å²) in [7, 11) is 0. The maximum atomic E-state index is 15.3. The van der Waals surface area contributed by atoms with Crippen LogP contribution in [0.3, 0.4) is 0 Å². The molecule has 0 radical (unpaired) electrons. The molecule has 0 N–H and O–H groups in total. The van der Waals surface area contributed by atoms with Gasteiger partial charge in [0.15, 0.2) is 0 Å². The van der Waals surface area contributed by atoms with Crippen LogP contribution in [0.4, 0.5) is 22.0 Å². The molecule has 0 saturated carbocycles. The van der Waals surface area contributed by atoms with Crippen molar-refractivity contribution >= 4 is 61.5 Å². The van der Waals surface area contributed by atoms with Crippen molar-refractivity contribution in [3.8, 4) is 0 Å². The van der Waals surface area contributed by atoms with Gasteiger partial charge in [-0.05, 0) is 0 Å². The molecule has 5 rings (SSSR count). The molecule has 0 aromatic heterocycles. The molecule has 184 valence electrons. The van der Waals surface area contributed by atoms with Gasteiger partial charge in [0, 0.05) is 0 Å². The fraction of sp³-hybridized carbons (Fsp3) is 0.172. The Morgan fingerprint density at radius 3 is 1.17 bits per heavy atom. The van der Waals surface area contributed by atoms with Gasteiger partial charge >= 0.3 is 223 Å². The first-order chi connectivity index (χ1) is 17.0. The first-order valence-electron chi connectivity index (χ1n) is 11.4. The van der Waals surface area contributed by atoms with Crippen LogP contribution in [0.5, 0.6) is 0 Å². The Labute approximate surface area is 222 Å². The zero-order valence-corrected chi connectivity index (χ0v) is 25.5. The van der Waals surface area contributed by atoms with Crippen LogP contribution < -0.4 is 21.1 Å². The number of hydrogen-bond acceptors (Lipinski definition) is 0. The molecule has 7 heteroatoms. The minimum atomic E-state index is -3.68. The fourth-order valence-electron chi connectivity index (χ4n) is 4.55. The third-order valence-corrected chi connectivity index (χ3v) is 24.4. The average molecular weight is 710 g/mol. The first-order valence-corrected chi connectivity index (χ1v) is 19.1. The Morgan fingerprint density at radius 1 is 0.444 bits per heavy atom. The zero-order chi connectivity index (χ0) is 26.0. The summed E-state index contributed by atoms with van der Waals surface area (Å²) in [4.78, 5) is 0. The van der Waals surface area contributed by atoms with Crippen LogP contribution in [-0.2, 0) is 0 Å². The van der Waals surface area contributed by atoms with E-state index < -0.39 is 73.0 Å². The van der Waals surface area contributed by atoms with Crippen LogP contribution in [0.25, 0.3) is 0 Å². The van der Waals surface area contributed by atoms with Crippen molar-refractivity contribution in [2.75, 3.05) is 0 Å². The van der Waals surface area contributed by atoms with Gasteiger partial charge in [-0.25, -0.2) is 0 Å². The number of hydrogen-bond donors (Lipinski definition) is 0. The summed E-state index contributed by atoms with van der Waals surface area (Å²) in [5, 5.41) is 0. The van der Waals surface area contributed by atoms with Crippen molar-refractivity contribution in [3.63, 3.8) is 0 Å².